The van der Waals surface area contributed by atoms with Gasteiger partial charge in [-0.1, -0.05) is 35.6 Å². The molecular formula is C15H13ClN2O3. The summed E-state index contributed by atoms with van der Waals surface area (Å²) in [5.74, 6) is 4.58. The number of carbonyl (C=O) groups excluding carboxylic acids is 3. The minimum Gasteiger partial charge on any atom is -0.344 e. The fourth-order valence-corrected chi connectivity index (χ4v) is 2.03. The average Bonchev–Trinajstić information content (AvgIpc) is 2.77. The third-order valence-electron chi connectivity index (χ3n) is 2.93. The monoisotopic (exact) mass is 304 g/mol. The number of amides is 3. The van der Waals surface area contributed by atoms with Crippen molar-refractivity contribution >= 4 is 29.3 Å². The molecule has 0 saturated carbocycles. The molecule has 0 aromatic heterocycles. The standard InChI is InChI=1S/C15H13ClN2O3/c16-12-6-2-1-4-11(12)5-3-9-17-13(19)10-18-14(20)7-8-15(18)21/h1-2,4,6H,7-10H2,(H,17,19). The van der Waals surface area contributed by atoms with Gasteiger partial charge in [0.05, 0.1) is 11.6 Å². The van der Waals surface area contributed by atoms with Gasteiger partial charge in [0.1, 0.15) is 6.54 Å². The summed E-state index contributed by atoms with van der Waals surface area (Å²) in [7, 11) is 0. The number of hydrogen-bond acceptors (Lipinski definition) is 3. The lowest BCUT2D eigenvalue weighted by atomic mass is 10.2. The van der Waals surface area contributed by atoms with Crippen molar-refractivity contribution in [1.82, 2.24) is 10.2 Å². The van der Waals surface area contributed by atoms with Gasteiger partial charge in [-0.2, -0.15) is 0 Å². The molecule has 0 spiro atoms. The van der Waals surface area contributed by atoms with E-state index in [4.69, 9.17) is 11.6 Å². The van der Waals surface area contributed by atoms with Crippen LogP contribution in [0.5, 0.6) is 0 Å². The summed E-state index contributed by atoms with van der Waals surface area (Å²) < 4.78 is 0. The zero-order chi connectivity index (χ0) is 15.2. The zero-order valence-corrected chi connectivity index (χ0v) is 11.9. The maximum absolute atomic E-state index is 11.6. The highest BCUT2D eigenvalue weighted by Gasteiger charge is 2.30. The minimum absolute atomic E-state index is 0.125. The molecule has 108 valence electrons. The van der Waals surface area contributed by atoms with E-state index in [1.54, 1.807) is 18.2 Å². The lowest BCUT2D eigenvalue weighted by Gasteiger charge is -2.12. The van der Waals surface area contributed by atoms with Crippen LogP contribution in [0.1, 0.15) is 18.4 Å². The summed E-state index contributed by atoms with van der Waals surface area (Å²) in [4.78, 5) is 35.3. The van der Waals surface area contributed by atoms with Crippen molar-refractivity contribution in [3.63, 3.8) is 0 Å². The third-order valence-corrected chi connectivity index (χ3v) is 3.26. The second-order valence-electron chi connectivity index (χ2n) is 4.43. The molecule has 1 heterocycles. The van der Waals surface area contributed by atoms with Crippen LogP contribution in [-0.4, -0.2) is 35.7 Å². The highest BCUT2D eigenvalue weighted by Crippen LogP contribution is 2.13. The van der Waals surface area contributed by atoms with Gasteiger partial charge in [-0.05, 0) is 12.1 Å². The number of hydrogen-bond donors (Lipinski definition) is 1. The Bertz CT molecular complexity index is 630. The largest absolute Gasteiger partial charge is 0.344 e. The molecule has 1 aliphatic rings. The SMILES string of the molecule is O=C(CN1C(=O)CCC1=O)NCC#Cc1ccccc1Cl. The van der Waals surface area contributed by atoms with Crippen LogP contribution < -0.4 is 5.32 Å². The van der Waals surface area contributed by atoms with Crippen LogP contribution in [0.4, 0.5) is 0 Å². The highest BCUT2D eigenvalue weighted by molar-refractivity contribution is 6.31. The fourth-order valence-electron chi connectivity index (χ4n) is 1.84. The predicted molar refractivity (Wildman–Crippen MR) is 77.3 cm³/mol. The topological polar surface area (TPSA) is 66.5 Å². The molecular weight excluding hydrogens is 292 g/mol. The molecule has 3 amide bonds. The Morgan fingerprint density at radius 1 is 1.24 bits per heavy atom. The first kappa shape index (κ1) is 15.1. The molecule has 0 atom stereocenters. The number of imide groups is 1. The van der Waals surface area contributed by atoms with Crippen molar-refractivity contribution in [1.29, 1.82) is 0 Å². The minimum atomic E-state index is -0.410. The molecule has 1 aromatic rings. The van der Waals surface area contributed by atoms with Crippen molar-refractivity contribution in [2.75, 3.05) is 13.1 Å². The molecule has 1 N–H and O–H groups in total. The van der Waals surface area contributed by atoms with Crippen molar-refractivity contribution < 1.29 is 14.4 Å². The molecule has 5 nitrogen and oxygen atoms in total. The number of likely N-dealkylation sites (tertiary alicyclic amines) is 1. The second-order valence-corrected chi connectivity index (χ2v) is 4.84. The van der Waals surface area contributed by atoms with E-state index in [2.05, 4.69) is 17.2 Å². The number of carbonyl (C=O) groups is 3. The van der Waals surface area contributed by atoms with Gasteiger partial charge in [-0.3, -0.25) is 19.3 Å². The lowest BCUT2D eigenvalue weighted by Crippen LogP contribution is -2.40. The Kier molecular flexibility index (Phi) is 4.96. The summed E-state index contributed by atoms with van der Waals surface area (Å²) in [6.45, 7) is -0.119. The van der Waals surface area contributed by atoms with E-state index >= 15 is 0 Å². The van der Waals surface area contributed by atoms with Crippen LogP contribution in [0, 0.1) is 11.8 Å². The van der Waals surface area contributed by atoms with Gasteiger partial charge in [0.2, 0.25) is 17.7 Å². The average molecular weight is 305 g/mol. The van der Waals surface area contributed by atoms with Crippen LogP contribution in [0.3, 0.4) is 0 Å². The molecule has 1 aliphatic heterocycles. The summed E-state index contributed by atoms with van der Waals surface area (Å²) in [5.41, 5.74) is 0.679. The van der Waals surface area contributed by atoms with Crippen LogP contribution in [0.2, 0.25) is 5.02 Å². The number of halogens is 1. The molecule has 1 fully saturated rings. The lowest BCUT2D eigenvalue weighted by molar-refractivity contribution is -0.142. The first-order valence-corrected chi connectivity index (χ1v) is 6.79. The fraction of sp³-hybridized carbons (Fsp3) is 0.267. The normalized spacial score (nSPS) is 13.9. The first-order valence-electron chi connectivity index (χ1n) is 6.41. The molecule has 2 rings (SSSR count). The molecule has 0 aliphatic carbocycles. The Morgan fingerprint density at radius 2 is 1.90 bits per heavy atom. The number of nitrogens with zero attached hydrogens (tertiary/aromatic N) is 1. The molecule has 0 unspecified atom stereocenters. The summed E-state index contributed by atoms with van der Waals surface area (Å²) in [6, 6.07) is 7.13. The second kappa shape index (κ2) is 6.91. The van der Waals surface area contributed by atoms with Crippen molar-refractivity contribution in [3.05, 3.63) is 34.9 Å². The van der Waals surface area contributed by atoms with E-state index < -0.39 is 5.91 Å². The van der Waals surface area contributed by atoms with Gasteiger partial charge in [-0.15, -0.1) is 0 Å². The van der Waals surface area contributed by atoms with E-state index in [0.29, 0.717) is 10.6 Å². The first-order chi connectivity index (χ1) is 10.1. The van der Waals surface area contributed by atoms with Gasteiger partial charge in [0.25, 0.3) is 0 Å². The Balaban J connectivity index is 1.82. The maximum atomic E-state index is 11.6. The van der Waals surface area contributed by atoms with Crippen molar-refractivity contribution in [2.45, 2.75) is 12.8 Å². The summed E-state index contributed by atoms with van der Waals surface area (Å²) >= 11 is 5.94. The van der Waals surface area contributed by atoms with Gasteiger partial charge in [0.15, 0.2) is 0 Å². The molecule has 0 radical (unpaired) electrons. The number of rotatable bonds is 3. The van der Waals surface area contributed by atoms with Gasteiger partial charge >= 0.3 is 0 Å². The summed E-state index contributed by atoms with van der Waals surface area (Å²) in [6.07, 6.45) is 0.358. The van der Waals surface area contributed by atoms with Crippen LogP contribution in [0.25, 0.3) is 0 Å². The Hall–Kier alpha value is -2.32. The van der Waals surface area contributed by atoms with Crippen LogP contribution in [-0.2, 0) is 14.4 Å². The quantitative estimate of drug-likeness (QED) is 0.668. The Morgan fingerprint density at radius 3 is 2.57 bits per heavy atom. The van der Waals surface area contributed by atoms with Gasteiger partial charge < -0.3 is 5.32 Å². The number of nitrogens with one attached hydrogen (secondary N) is 1. The smallest absolute Gasteiger partial charge is 0.240 e. The van der Waals surface area contributed by atoms with E-state index in [9.17, 15) is 14.4 Å². The molecule has 1 aromatic carbocycles. The van der Waals surface area contributed by atoms with E-state index in [1.165, 1.54) is 0 Å². The van der Waals surface area contributed by atoms with E-state index in [-0.39, 0.29) is 37.7 Å². The van der Waals surface area contributed by atoms with Gasteiger partial charge in [-0.25, -0.2) is 0 Å². The third kappa shape index (κ3) is 4.07. The maximum Gasteiger partial charge on any atom is 0.240 e. The zero-order valence-electron chi connectivity index (χ0n) is 11.2. The predicted octanol–water partition coefficient (Wildman–Crippen LogP) is 0.957. The summed E-state index contributed by atoms with van der Waals surface area (Å²) in [5, 5.41) is 3.08. The van der Waals surface area contributed by atoms with Crippen LogP contribution >= 0.6 is 11.6 Å². The van der Waals surface area contributed by atoms with E-state index in [0.717, 1.165) is 4.90 Å². The van der Waals surface area contributed by atoms with Crippen molar-refractivity contribution in [3.8, 4) is 11.8 Å². The molecule has 0 bridgehead atoms. The molecule has 21 heavy (non-hydrogen) atoms. The molecule has 6 heteroatoms. The van der Waals surface area contributed by atoms with E-state index in [1.807, 2.05) is 6.07 Å². The number of benzene rings is 1. The van der Waals surface area contributed by atoms with Crippen LogP contribution in [0.15, 0.2) is 24.3 Å². The highest BCUT2D eigenvalue weighted by atomic mass is 35.5. The van der Waals surface area contributed by atoms with Gasteiger partial charge in [0, 0.05) is 18.4 Å². The Labute approximate surface area is 127 Å². The van der Waals surface area contributed by atoms with Crippen molar-refractivity contribution in [2.24, 2.45) is 0 Å². The molecule has 1 saturated heterocycles.